The molecular formula is C64H38O2S. The van der Waals surface area contributed by atoms with Crippen LogP contribution in [-0.2, 0) is 0 Å². The molecule has 0 N–H and O–H groups in total. The zero-order valence-corrected chi connectivity index (χ0v) is 37.0. The number of benzene rings is 11. The monoisotopic (exact) mass is 870 g/mol. The summed E-state index contributed by atoms with van der Waals surface area (Å²) < 4.78 is 15.6. The normalized spacial score (nSPS) is 14.7. The average Bonchev–Trinajstić information content (AvgIpc) is 4.08. The number of allylic oxidation sites excluding steroid dienone is 2. The molecule has 3 heteroatoms. The molecule has 0 saturated heterocycles. The second-order valence-electron chi connectivity index (χ2n) is 18.1. The van der Waals surface area contributed by atoms with Gasteiger partial charge < -0.3 is 9.15 Å². The van der Waals surface area contributed by atoms with Crippen LogP contribution >= 0.6 is 11.3 Å². The van der Waals surface area contributed by atoms with Crippen LogP contribution in [0.1, 0.15) is 17.5 Å². The van der Waals surface area contributed by atoms with Gasteiger partial charge in [0.05, 0.1) is 0 Å². The van der Waals surface area contributed by atoms with E-state index in [4.69, 9.17) is 9.15 Å². The average molecular weight is 871 g/mol. The van der Waals surface area contributed by atoms with Crippen molar-refractivity contribution >= 4 is 108 Å². The minimum Gasteiger partial charge on any atom is -0.485 e. The number of hydrogen-bond donors (Lipinski definition) is 0. The van der Waals surface area contributed by atoms with Crippen LogP contribution in [0.25, 0.3) is 130 Å². The highest BCUT2D eigenvalue weighted by Gasteiger charge is 2.32. The van der Waals surface area contributed by atoms with E-state index in [1.807, 2.05) is 17.4 Å². The molecule has 0 fully saturated rings. The van der Waals surface area contributed by atoms with Crippen molar-refractivity contribution in [3.63, 3.8) is 0 Å². The Morgan fingerprint density at radius 3 is 1.58 bits per heavy atom. The van der Waals surface area contributed by atoms with Crippen molar-refractivity contribution in [3.8, 4) is 39.1 Å². The third-order valence-electron chi connectivity index (χ3n) is 14.6. The van der Waals surface area contributed by atoms with Crippen molar-refractivity contribution < 1.29 is 9.15 Å². The fourth-order valence-corrected chi connectivity index (χ4v) is 12.9. The maximum atomic E-state index is 6.57. The molecule has 67 heavy (non-hydrogen) atoms. The minimum absolute atomic E-state index is 0.0132. The maximum absolute atomic E-state index is 6.57. The molecule has 2 aromatic heterocycles. The molecule has 0 amide bonds. The lowest BCUT2D eigenvalue weighted by molar-refractivity contribution is 0.281. The third-order valence-corrected chi connectivity index (χ3v) is 15.8. The number of ether oxygens (including phenoxy) is 1. The summed E-state index contributed by atoms with van der Waals surface area (Å²) in [5, 5.41) is 14.9. The number of thiophene rings is 1. The summed E-state index contributed by atoms with van der Waals surface area (Å²) in [6.07, 6.45) is 5.48. The van der Waals surface area contributed by atoms with Crippen LogP contribution in [0.3, 0.4) is 0 Å². The van der Waals surface area contributed by atoms with Crippen molar-refractivity contribution in [2.75, 3.05) is 0 Å². The second kappa shape index (κ2) is 14.1. The van der Waals surface area contributed by atoms with Crippen LogP contribution in [0.15, 0.2) is 217 Å². The van der Waals surface area contributed by atoms with Gasteiger partial charge in [0, 0.05) is 54.1 Å². The molecule has 0 spiro atoms. The third kappa shape index (κ3) is 5.38. The highest BCUT2D eigenvalue weighted by atomic mass is 32.1. The molecular weight excluding hydrogens is 833 g/mol. The van der Waals surface area contributed by atoms with Crippen LogP contribution in [0.2, 0.25) is 0 Å². The van der Waals surface area contributed by atoms with Gasteiger partial charge in [0.2, 0.25) is 0 Å². The predicted molar refractivity (Wildman–Crippen MR) is 284 cm³/mol. The van der Waals surface area contributed by atoms with Gasteiger partial charge in [-0.25, -0.2) is 0 Å². The van der Waals surface area contributed by atoms with Gasteiger partial charge in [0.15, 0.2) is 0 Å². The number of hydrogen-bond acceptors (Lipinski definition) is 3. The lowest BCUT2D eigenvalue weighted by Gasteiger charge is -2.23. The van der Waals surface area contributed by atoms with E-state index >= 15 is 0 Å². The minimum atomic E-state index is 0.0132. The van der Waals surface area contributed by atoms with Crippen molar-refractivity contribution in [2.45, 2.75) is 12.5 Å². The van der Waals surface area contributed by atoms with Crippen molar-refractivity contribution in [3.05, 3.63) is 223 Å². The Morgan fingerprint density at radius 2 is 0.896 bits per heavy atom. The van der Waals surface area contributed by atoms with Gasteiger partial charge in [-0.3, -0.25) is 0 Å². The van der Waals surface area contributed by atoms with Crippen molar-refractivity contribution in [1.82, 2.24) is 0 Å². The first-order chi connectivity index (χ1) is 33.2. The largest absolute Gasteiger partial charge is 0.485 e. The van der Waals surface area contributed by atoms with E-state index in [2.05, 4.69) is 206 Å². The molecule has 0 bridgehead atoms. The zero-order chi connectivity index (χ0) is 43.7. The van der Waals surface area contributed by atoms with Crippen molar-refractivity contribution in [1.29, 1.82) is 0 Å². The summed E-state index contributed by atoms with van der Waals surface area (Å²) in [4.78, 5) is 0. The topological polar surface area (TPSA) is 22.4 Å². The Hall–Kier alpha value is -8.24. The number of para-hydroxylation sites is 2. The van der Waals surface area contributed by atoms with Crippen LogP contribution in [0.4, 0.5) is 0 Å². The van der Waals surface area contributed by atoms with Gasteiger partial charge in [-0.1, -0.05) is 176 Å². The Bertz CT molecular complexity index is 4230. The first-order valence-corrected chi connectivity index (χ1v) is 24.0. The fraction of sp³-hybridized carbons (Fsp3) is 0.0312. The summed E-state index contributed by atoms with van der Waals surface area (Å²) in [6, 6.07) is 73.5. The Balaban J connectivity index is 0.910. The van der Waals surface area contributed by atoms with E-state index < -0.39 is 0 Å². The highest BCUT2D eigenvalue weighted by Crippen LogP contribution is 2.51. The quantitative estimate of drug-likeness (QED) is 0.164. The lowest BCUT2D eigenvalue weighted by atomic mass is 9.82. The van der Waals surface area contributed by atoms with E-state index in [9.17, 15) is 0 Å². The summed E-state index contributed by atoms with van der Waals surface area (Å²) >= 11 is 1.91. The molecule has 1 aliphatic heterocycles. The Morgan fingerprint density at radius 1 is 0.373 bits per heavy atom. The van der Waals surface area contributed by atoms with Gasteiger partial charge in [0.1, 0.15) is 23.0 Å². The van der Waals surface area contributed by atoms with Gasteiger partial charge in [-0.05, 0) is 118 Å². The summed E-state index contributed by atoms with van der Waals surface area (Å²) in [5.74, 6) is 0.982. The number of furan rings is 1. The molecule has 1 aliphatic carbocycles. The number of fused-ring (bicyclic) bond motifs is 13. The predicted octanol–water partition coefficient (Wildman–Crippen LogP) is 18.2. The molecule has 0 radical (unpaired) electrons. The first kappa shape index (κ1) is 37.0. The van der Waals surface area contributed by atoms with Gasteiger partial charge in [0.25, 0.3) is 0 Å². The number of rotatable bonds is 4. The molecule has 3 heterocycles. The van der Waals surface area contributed by atoms with Crippen LogP contribution in [-0.4, -0.2) is 6.10 Å². The molecule has 11 aromatic carbocycles. The van der Waals surface area contributed by atoms with Gasteiger partial charge in [-0.15, -0.1) is 11.3 Å². The smallest absolute Gasteiger partial charge is 0.136 e. The lowest BCUT2D eigenvalue weighted by Crippen LogP contribution is -2.15. The first-order valence-electron chi connectivity index (χ1n) is 23.2. The van der Waals surface area contributed by atoms with Gasteiger partial charge >= 0.3 is 0 Å². The molecule has 2 aliphatic rings. The Kier molecular flexibility index (Phi) is 7.81. The van der Waals surface area contributed by atoms with Crippen molar-refractivity contribution in [2.24, 2.45) is 0 Å². The van der Waals surface area contributed by atoms with E-state index in [1.54, 1.807) is 0 Å². The molecule has 0 saturated carbocycles. The van der Waals surface area contributed by atoms with E-state index in [-0.39, 0.29) is 6.10 Å². The maximum Gasteiger partial charge on any atom is 0.136 e. The molecule has 15 rings (SSSR count). The van der Waals surface area contributed by atoms with Crippen LogP contribution in [0.5, 0.6) is 5.75 Å². The van der Waals surface area contributed by atoms with E-state index in [0.29, 0.717) is 0 Å². The Labute approximate surface area is 389 Å². The van der Waals surface area contributed by atoms with Crippen LogP contribution < -0.4 is 4.74 Å². The SMILES string of the molecule is C1=C(c2c3ccccc3c(-c3cccc4c3sc3ccc(-c5c6ccccc6c(-c6ccc7c(c6)oc6ccccc67)c6ccccc56)cc34)c3ccccc23)CC2Oc3ccccc3C2=C1. The van der Waals surface area contributed by atoms with E-state index in [0.717, 1.165) is 39.7 Å². The van der Waals surface area contributed by atoms with Crippen LogP contribution in [0, 0.1) is 0 Å². The standard InChI is InChI=1S/C64H38O2S/c1-3-18-46-44(16-1)60(45-17-2-4-19-47(45)61(46)38-28-31-42-40-14-9-11-26-55(40)65-57(42)35-38)37-30-33-59-54(34-37)52-24-13-25-53(64(52)67-59)63-50-22-7-5-20-48(50)62(49-21-6-8-23-51(49)63)39-29-32-43-41-15-10-12-27-56(41)66-58(43)36-39/h1-35,58H,36H2. The van der Waals surface area contributed by atoms with E-state index in [1.165, 1.54) is 113 Å². The second-order valence-corrected chi connectivity index (χ2v) is 19.2. The summed E-state index contributed by atoms with van der Waals surface area (Å²) in [7, 11) is 0. The molecule has 2 nitrogen and oxygen atoms in total. The van der Waals surface area contributed by atoms with Gasteiger partial charge in [-0.2, -0.15) is 0 Å². The molecule has 312 valence electrons. The highest BCUT2D eigenvalue weighted by molar-refractivity contribution is 7.26. The summed E-state index contributed by atoms with van der Waals surface area (Å²) in [5.41, 5.74) is 14.4. The molecule has 1 atom stereocenters. The molecule has 1 unspecified atom stereocenters. The zero-order valence-electron chi connectivity index (χ0n) is 36.2. The summed E-state index contributed by atoms with van der Waals surface area (Å²) in [6.45, 7) is 0. The fourth-order valence-electron chi connectivity index (χ4n) is 11.7. The molecule has 13 aromatic rings.